The van der Waals surface area contributed by atoms with Gasteiger partial charge in [0.05, 0.1) is 0 Å². The molecule has 0 saturated carbocycles. The standard InChI is InChI=1S/C10H12N2O.C3H6O2/c1-12-10(5-6-11-12)8-3-2-4-9(13)7-8;1-2-3(4)5/h2,4-6,8H,3,7H2,1H3;2H2,1H3,(H,4,5). The zero-order valence-electron chi connectivity index (χ0n) is 10.7. The van der Waals surface area contributed by atoms with E-state index in [0.717, 1.165) is 12.1 Å². The van der Waals surface area contributed by atoms with Gasteiger partial charge in [-0.2, -0.15) is 5.10 Å². The highest BCUT2D eigenvalue weighted by Gasteiger charge is 2.19. The maximum absolute atomic E-state index is 11.2. The summed E-state index contributed by atoms with van der Waals surface area (Å²) in [5, 5.41) is 11.8. The van der Waals surface area contributed by atoms with Crippen LogP contribution in [0.25, 0.3) is 0 Å². The molecular weight excluding hydrogens is 232 g/mol. The third-order valence-electron chi connectivity index (χ3n) is 2.75. The summed E-state index contributed by atoms with van der Waals surface area (Å²) in [7, 11) is 1.91. The van der Waals surface area contributed by atoms with Crippen molar-refractivity contribution in [3.05, 3.63) is 30.1 Å². The second kappa shape index (κ2) is 6.74. The second-order valence-electron chi connectivity index (χ2n) is 4.13. The van der Waals surface area contributed by atoms with Crippen LogP contribution in [0.5, 0.6) is 0 Å². The zero-order valence-corrected chi connectivity index (χ0v) is 10.7. The molecule has 1 atom stereocenters. The van der Waals surface area contributed by atoms with E-state index in [-0.39, 0.29) is 12.2 Å². The van der Waals surface area contributed by atoms with Crippen LogP contribution in [0.15, 0.2) is 24.4 Å². The van der Waals surface area contributed by atoms with Gasteiger partial charge in [-0.3, -0.25) is 14.3 Å². The van der Waals surface area contributed by atoms with Crippen molar-refractivity contribution in [3.8, 4) is 0 Å². The van der Waals surface area contributed by atoms with Crippen LogP contribution in [0, 0.1) is 0 Å². The van der Waals surface area contributed by atoms with Gasteiger partial charge >= 0.3 is 5.97 Å². The van der Waals surface area contributed by atoms with Crippen molar-refractivity contribution in [1.82, 2.24) is 9.78 Å². The molecule has 1 aromatic heterocycles. The van der Waals surface area contributed by atoms with Crippen molar-refractivity contribution in [2.24, 2.45) is 7.05 Å². The highest BCUT2D eigenvalue weighted by molar-refractivity contribution is 5.91. The summed E-state index contributed by atoms with van der Waals surface area (Å²) in [5.74, 6) is -0.201. The Morgan fingerprint density at radius 1 is 1.61 bits per heavy atom. The number of nitrogens with zero attached hydrogens (tertiary/aromatic N) is 2. The van der Waals surface area contributed by atoms with E-state index in [4.69, 9.17) is 5.11 Å². The first-order chi connectivity index (χ1) is 8.54. The Kier molecular flexibility index (Phi) is 5.30. The van der Waals surface area contributed by atoms with Gasteiger partial charge in [0, 0.05) is 37.7 Å². The molecule has 0 aliphatic heterocycles. The Bertz CT molecular complexity index is 449. The summed E-state index contributed by atoms with van der Waals surface area (Å²) in [6, 6.07) is 1.98. The van der Waals surface area contributed by atoms with Crippen LogP contribution >= 0.6 is 0 Å². The first-order valence-corrected chi connectivity index (χ1v) is 5.93. The van der Waals surface area contributed by atoms with E-state index >= 15 is 0 Å². The van der Waals surface area contributed by atoms with Gasteiger partial charge in [0.1, 0.15) is 0 Å². The van der Waals surface area contributed by atoms with Crippen LogP contribution in [-0.2, 0) is 16.6 Å². The Hall–Kier alpha value is -1.91. The van der Waals surface area contributed by atoms with Gasteiger partial charge in [-0.1, -0.05) is 13.0 Å². The van der Waals surface area contributed by atoms with Gasteiger partial charge in [-0.25, -0.2) is 0 Å². The third-order valence-corrected chi connectivity index (χ3v) is 2.75. The Labute approximate surface area is 106 Å². The molecule has 1 heterocycles. The molecule has 5 nitrogen and oxygen atoms in total. The van der Waals surface area contributed by atoms with E-state index in [1.165, 1.54) is 0 Å². The Morgan fingerprint density at radius 3 is 2.72 bits per heavy atom. The number of carboxylic acid groups (broad SMARTS) is 1. The summed E-state index contributed by atoms with van der Waals surface area (Å²) in [6.45, 7) is 1.60. The molecule has 0 fully saturated rings. The number of allylic oxidation sites excluding steroid dienone is 2. The minimum atomic E-state index is -0.745. The molecule has 0 aromatic carbocycles. The molecule has 0 spiro atoms. The number of rotatable bonds is 2. The van der Waals surface area contributed by atoms with Crippen molar-refractivity contribution >= 4 is 11.8 Å². The third kappa shape index (κ3) is 4.16. The van der Waals surface area contributed by atoms with Crippen LogP contribution in [0.3, 0.4) is 0 Å². The lowest BCUT2D eigenvalue weighted by atomic mass is 9.91. The largest absolute Gasteiger partial charge is 0.481 e. The van der Waals surface area contributed by atoms with Gasteiger partial charge in [0.15, 0.2) is 5.78 Å². The lowest BCUT2D eigenvalue weighted by molar-refractivity contribution is -0.136. The van der Waals surface area contributed by atoms with Gasteiger partial charge in [-0.15, -0.1) is 0 Å². The van der Waals surface area contributed by atoms with Crippen molar-refractivity contribution in [3.63, 3.8) is 0 Å². The molecule has 5 heteroatoms. The number of hydrogen-bond donors (Lipinski definition) is 1. The van der Waals surface area contributed by atoms with Crippen LogP contribution in [0.4, 0.5) is 0 Å². The lowest BCUT2D eigenvalue weighted by Gasteiger charge is -2.16. The molecule has 1 unspecified atom stereocenters. The summed E-state index contributed by atoms with van der Waals surface area (Å²) >= 11 is 0. The predicted molar refractivity (Wildman–Crippen MR) is 67.3 cm³/mol. The molecule has 98 valence electrons. The van der Waals surface area contributed by atoms with E-state index in [2.05, 4.69) is 5.10 Å². The van der Waals surface area contributed by atoms with Crippen molar-refractivity contribution < 1.29 is 14.7 Å². The molecule has 0 radical (unpaired) electrons. The fraction of sp³-hybridized carbons (Fsp3) is 0.462. The normalized spacial score (nSPS) is 18.1. The molecule has 2 rings (SSSR count). The van der Waals surface area contributed by atoms with E-state index in [0.29, 0.717) is 12.3 Å². The van der Waals surface area contributed by atoms with Gasteiger partial charge in [0.25, 0.3) is 0 Å². The van der Waals surface area contributed by atoms with Gasteiger partial charge < -0.3 is 5.11 Å². The summed E-state index contributed by atoms with van der Waals surface area (Å²) < 4.78 is 1.84. The molecule has 18 heavy (non-hydrogen) atoms. The number of aromatic nitrogens is 2. The summed E-state index contributed by atoms with van der Waals surface area (Å²) in [4.78, 5) is 20.5. The van der Waals surface area contributed by atoms with Crippen molar-refractivity contribution in [2.45, 2.75) is 32.1 Å². The SMILES string of the molecule is CCC(=O)O.Cn1nccc1C1CC=CC(=O)C1. The van der Waals surface area contributed by atoms with Crippen LogP contribution < -0.4 is 0 Å². The highest BCUT2D eigenvalue weighted by Crippen LogP contribution is 2.26. The quantitative estimate of drug-likeness (QED) is 0.870. The predicted octanol–water partition coefficient (Wildman–Crippen LogP) is 1.90. The fourth-order valence-electron chi connectivity index (χ4n) is 1.77. The topological polar surface area (TPSA) is 72.2 Å². The van der Waals surface area contributed by atoms with E-state index in [9.17, 15) is 9.59 Å². The van der Waals surface area contributed by atoms with Crippen LogP contribution in [-0.4, -0.2) is 26.6 Å². The van der Waals surface area contributed by atoms with E-state index < -0.39 is 5.97 Å². The first kappa shape index (κ1) is 14.2. The molecule has 1 aliphatic rings. The summed E-state index contributed by atoms with van der Waals surface area (Å²) in [6.07, 6.45) is 7.19. The maximum atomic E-state index is 11.2. The zero-order chi connectivity index (χ0) is 13.5. The highest BCUT2D eigenvalue weighted by atomic mass is 16.4. The smallest absolute Gasteiger partial charge is 0.303 e. The van der Waals surface area contributed by atoms with Crippen LogP contribution in [0.2, 0.25) is 0 Å². The van der Waals surface area contributed by atoms with Crippen molar-refractivity contribution in [1.29, 1.82) is 0 Å². The number of hydrogen-bond acceptors (Lipinski definition) is 3. The number of ketones is 1. The van der Waals surface area contributed by atoms with E-state index in [1.807, 2.05) is 23.9 Å². The molecule has 0 bridgehead atoms. The Balaban J connectivity index is 0.000000280. The van der Waals surface area contributed by atoms with E-state index in [1.54, 1.807) is 19.2 Å². The molecule has 1 N–H and O–H groups in total. The van der Waals surface area contributed by atoms with Crippen molar-refractivity contribution in [2.75, 3.05) is 0 Å². The van der Waals surface area contributed by atoms with Gasteiger partial charge in [-0.05, 0) is 18.6 Å². The average molecular weight is 250 g/mol. The number of carboxylic acids is 1. The monoisotopic (exact) mass is 250 g/mol. The minimum Gasteiger partial charge on any atom is -0.481 e. The fourth-order valence-corrected chi connectivity index (χ4v) is 1.77. The summed E-state index contributed by atoms with van der Waals surface area (Å²) in [5.41, 5.74) is 1.15. The van der Waals surface area contributed by atoms with Gasteiger partial charge in [0.2, 0.25) is 0 Å². The molecular formula is C13H18N2O3. The second-order valence-corrected chi connectivity index (χ2v) is 4.13. The minimum absolute atomic E-state index is 0.220. The Morgan fingerprint density at radius 2 is 2.28 bits per heavy atom. The average Bonchev–Trinajstić information content (AvgIpc) is 2.76. The molecule has 1 aliphatic carbocycles. The number of aryl methyl sites for hydroxylation is 1. The van der Waals surface area contributed by atoms with Crippen LogP contribution in [0.1, 0.15) is 37.8 Å². The maximum Gasteiger partial charge on any atom is 0.303 e. The first-order valence-electron chi connectivity index (χ1n) is 5.93. The number of carbonyl (C=O) groups excluding carboxylic acids is 1. The molecule has 1 aromatic rings. The number of aliphatic carboxylic acids is 1. The molecule has 0 amide bonds. The number of carbonyl (C=O) groups is 2. The lowest BCUT2D eigenvalue weighted by Crippen LogP contribution is -2.12. The molecule has 0 saturated heterocycles.